The Balaban J connectivity index is 1.53. The van der Waals surface area contributed by atoms with Crippen molar-refractivity contribution >= 4 is 39.7 Å². The molecule has 0 radical (unpaired) electrons. The number of rotatable bonds is 13. The highest BCUT2D eigenvalue weighted by Crippen LogP contribution is 2.50. The van der Waals surface area contributed by atoms with Crippen LogP contribution in [0.25, 0.3) is 0 Å². The molecule has 1 amide bonds. The van der Waals surface area contributed by atoms with Gasteiger partial charge in [0.1, 0.15) is 0 Å². The molecule has 2 atom stereocenters. The van der Waals surface area contributed by atoms with Gasteiger partial charge in [-0.05, 0) is 87.9 Å². The van der Waals surface area contributed by atoms with Gasteiger partial charge in [-0.3, -0.25) is 18.2 Å². The summed E-state index contributed by atoms with van der Waals surface area (Å²) in [6, 6.07) is 22.3. The molecule has 1 saturated heterocycles. The van der Waals surface area contributed by atoms with Crippen LogP contribution in [0.4, 0.5) is 11.4 Å². The summed E-state index contributed by atoms with van der Waals surface area (Å²) in [7, 11) is -2.96. The molecule has 8 nitrogen and oxygen atoms in total. The molecule has 1 heterocycles. The summed E-state index contributed by atoms with van der Waals surface area (Å²) < 4.78 is 23.1. The Morgan fingerprint density at radius 1 is 1.02 bits per heavy atom. The predicted octanol–water partition coefficient (Wildman–Crippen LogP) is 6.35. The number of hydrogen-bond acceptors (Lipinski definition) is 7. The van der Waals surface area contributed by atoms with Crippen LogP contribution in [0.2, 0.25) is 5.02 Å². The normalized spacial score (nSPS) is 17.1. The molecule has 43 heavy (non-hydrogen) atoms. The van der Waals surface area contributed by atoms with E-state index >= 15 is 0 Å². The average Bonchev–Trinajstić information content (AvgIpc) is 2.95. The van der Waals surface area contributed by atoms with E-state index in [1.54, 1.807) is 16.4 Å². The minimum Gasteiger partial charge on any atom is -0.390 e. The molecule has 234 valence electrons. The zero-order chi connectivity index (χ0) is 31.0. The Kier molecular flexibility index (Phi) is 11.4. The van der Waals surface area contributed by atoms with Crippen LogP contribution in [0.3, 0.4) is 0 Å². The Bertz CT molecular complexity index is 1360. The summed E-state index contributed by atoms with van der Waals surface area (Å²) in [5.74, 6) is -0.0287. The maximum atomic E-state index is 13.8. The molecule has 0 aliphatic carbocycles. The smallest absolute Gasteiger partial charge is 0.251 e. The summed E-state index contributed by atoms with van der Waals surface area (Å²) in [4.78, 5) is 13.8. The predicted molar refractivity (Wildman–Crippen MR) is 180 cm³/mol. The van der Waals surface area contributed by atoms with E-state index in [0.717, 1.165) is 29.7 Å². The van der Waals surface area contributed by atoms with Crippen molar-refractivity contribution in [3.63, 3.8) is 0 Å². The number of β-amino-alcohol motifs (C(OH)–C–C–N with tert-alkyl or cyclic N) is 1. The molecule has 2 unspecified atom stereocenters. The van der Waals surface area contributed by atoms with Gasteiger partial charge in [-0.15, -0.1) is 10.8 Å². The molecule has 6 N–H and O–H groups in total. The molecule has 1 fully saturated rings. The number of amides is 1. The van der Waals surface area contributed by atoms with Gasteiger partial charge in [0, 0.05) is 41.4 Å². The van der Waals surface area contributed by atoms with Gasteiger partial charge in [-0.25, -0.2) is 0 Å². The molecular weight excluding hydrogens is 584 g/mol. The minimum absolute atomic E-state index is 0.267. The Hall–Kier alpha value is -2.79. The van der Waals surface area contributed by atoms with Crippen molar-refractivity contribution < 1.29 is 19.0 Å². The van der Waals surface area contributed by atoms with Crippen molar-refractivity contribution in [1.29, 1.82) is 0 Å². The van der Waals surface area contributed by atoms with E-state index in [-0.39, 0.29) is 18.0 Å². The Morgan fingerprint density at radius 2 is 1.77 bits per heavy atom. The summed E-state index contributed by atoms with van der Waals surface area (Å²) in [5, 5.41) is 21.9. The number of carbonyl (C=O) groups excluding carboxylic acids is 1. The van der Waals surface area contributed by atoms with Gasteiger partial charge in [-0.1, -0.05) is 54.1 Å². The highest BCUT2D eigenvalue weighted by Gasteiger charge is 2.29. The van der Waals surface area contributed by atoms with Gasteiger partial charge in [0.05, 0.1) is 23.6 Å². The van der Waals surface area contributed by atoms with Gasteiger partial charge >= 0.3 is 0 Å². The quantitative estimate of drug-likeness (QED) is 0.131. The SMILES string of the molecule is CCNc1cc(C(=O)NC(Cc2ccccc2)C(O)CNC(C)(C)Cc2cccc(Cl)c2)cc(N2CCCCS2(O)O)c1. The highest BCUT2D eigenvalue weighted by atomic mass is 35.5. The highest BCUT2D eigenvalue weighted by molar-refractivity contribution is 8.25. The first-order valence-electron chi connectivity index (χ1n) is 14.9. The molecule has 0 bridgehead atoms. The third-order valence-electron chi connectivity index (χ3n) is 7.64. The van der Waals surface area contributed by atoms with Crippen LogP contribution in [0.15, 0.2) is 72.8 Å². The number of nitrogens with one attached hydrogen (secondary N) is 3. The van der Waals surface area contributed by atoms with E-state index < -0.39 is 22.9 Å². The summed E-state index contributed by atoms with van der Waals surface area (Å²) >= 11 is 6.18. The van der Waals surface area contributed by atoms with Crippen LogP contribution < -0.4 is 20.3 Å². The maximum Gasteiger partial charge on any atom is 0.251 e. The van der Waals surface area contributed by atoms with E-state index in [9.17, 15) is 19.0 Å². The second-order valence-electron chi connectivity index (χ2n) is 11.9. The number of halogens is 1. The number of hydrogen-bond donors (Lipinski definition) is 6. The number of aliphatic hydroxyl groups excluding tert-OH is 1. The van der Waals surface area contributed by atoms with Gasteiger partial charge in [0.2, 0.25) is 0 Å². The van der Waals surface area contributed by atoms with Crippen LogP contribution >= 0.6 is 22.4 Å². The zero-order valence-corrected chi connectivity index (χ0v) is 26.8. The van der Waals surface area contributed by atoms with Gasteiger partial charge in [0.25, 0.3) is 5.91 Å². The van der Waals surface area contributed by atoms with Crippen molar-refractivity contribution in [2.45, 2.75) is 64.1 Å². The van der Waals surface area contributed by atoms with E-state index in [1.165, 1.54) is 0 Å². The van der Waals surface area contributed by atoms with E-state index in [0.29, 0.717) is 48.0 Å². The lowest BCUT2D eigenvalue weighted by atomic mass is 9.94. The van der Waals surface area contributed by atoms with Crippen molar-refractivity contribution in [1.82, 2.24) is 10.6 Å². The van der Waals surface area contributed by atoms with Crippen molar-refractivity contribution in [3.8, 4) is 0 Å². The Morgan fingerprint density at radius 3 is 2.47 bits per heavy atom. The van der Waals surface area contributed by atoms with Crippen LogP contribution in [0.1, 0.15) is 55.1 Å². The standard InChI is InChI=1S/C33H45ClN4O4S/c1-4-35-28-19-26(20-29(21-28)38-15-8-9-16-43(38,41)42)32(40)37-30(18-24-11-6-5-7-12-24)31(39)23-36-33(2,3)22-25-13-10-14-27(34)17-25/h5-7,10-14,17,19-21,30-31,35-36,39,41-42H,4,8-9,15-16,18,22-23H2,1-3H3,(H,37,40). The molecule has 1 aliphatic rings. The topological polar surface area (TPSA) is 117 Å². The first-order chi connectivity index (χ1) is 20.5. The molecule has 3 aromatic rings. The van der Waals surface area contributed by atoms with Crippen molar-refractivity contribution in [3.05, 3.63) is 94.5 Å². The third-order valence-corrected chi connectivity index (χ3v) is 9.81. The van der Waals surface area contributed by atoms with Gasteiger partial charge in [0.15, 0.2) is 0 Å². The number of nitrogens with zero attached hydrogens (tertiary/aromatic N) is 1. The third kappa shape index (κ3) is 9.60. The first kappa shape index (κ1) is 33.1. The molecule has 4 rings (SSSR count). The number of carbonyl (C=O) groups is 1. The fraction of sp³-hybridized carbons (Fsp3) is 0.424. The van der Waals surface area contributed by atoms with E-state index in [2.05, 4.69) is 29.8 Å². The fourth-order valence-electron chi connectivity index (χ4n) is 5.44. The number of benzene rings is 3. The second-order valence-corrected chi connectivity index (χ2v) is 14.4. The Labute approximate surface area is 262 Å². The monoisotopic (exact) mass is 628 g/mol. The summed E-state index contributed by atoms with van der Waals surface area (Å²) in [6.07, 6.45) is 1.87. The van der Waals surface area contributed by atoms with Crippen LogP contribution in [-0.2, 0) is 12.8 Å². The molecule has 0 spiro atoms. The maximum absolute atomic E-state index is 13.8. The van der Waals surface area contributed by atoms with E-state index in [4.69, 9.17) is 11.6 Å². The van der Waals surface area contributed by atoms with Gasteiger partial charge < -0.3 is 21.1 Å². The molecule has 10 heteroatoms. The molecular formula is C33H45ClN4O4S. The zero-order valence-electron chi connectivity index (χ0n) is 25.2. The first-order valence-corrected chi connectivity index (χ1v) is 17.0. The van der Waals surface area contributed by atoms with Gasteiger partial charge in [-0.2, -0.15) is 0 Å². The van der Waals surface area contributed by atoms with Crippen LogP contribution in [0, 0.1) is 0 Å². The van der Waals surface area contributed by atoms with Crippen molar-refractivity contribution in [2.75, 3.05) is 35.0 Å². The summed E-state index contributed by atoms with van der Waals surface area (Å²) in [5.41, 5.74) is 3.45. The molecule has 3 aromatic carbocycles. The van der Waals surface area contributed by atoms with Crippen molar-refractivity contribution in [2.24, 2.45) is 0 Å². The summed E-state index contributed by atoms with van der Waals surface area (Å²) in [6.45, 7) is 7.53. The second kappa shape index (κ2) is 14.8. The lowest BCUT2D eigenvalue weighted by Crippen LogP contribution is -2.52. The van der Waals surface area contributed by atoms with Crippen LogP contribution in [-0.4, -0.2) is 63.2 Å². The average molecular weight is 629 g/mol. The molecule has 1 aliphatic heterocycles. The largest absolute Gasteiger partial charge is 0.390 e. The molecule has 0 saturated carbocycles. The minimum atomic E-state index is -2.96. The van der Waals surface area contributed by atoms with E-state index in [1.807, 2.05) is 67.6 Å². The number of anilines is 2. The lowest BCUT2D eigenvalue weighted by molar-refractivity contribution is 0.0814. The lowest BCUT2D eigenvalue weighted by Gasteiger charge is -2.47. The van der Waals surface area contributed by atoms with Crippen LogP contribution in [0.5, 0.6) is 0 Å². The number of aliphatic hydroxyl groups is 1. The molecule has 0 aromatic heterocycles. The fourth-order valence-corrected chi connectivity index (χ4v) is 7.33.